The van der Waals surface area contributed by atoms with Crippen molar-refractivity contribution >= 4 is 43.1 Å². The van der Waals surface area contributed by atoms with Crippen LogP contribution in [-0.4, -0.2) is 38.4 Å². The summed E-state index contributed by atoms with van der Waals surface area (Å²) in [5, 5.41) is 9.01. The lowest BCUT2D eigenvalue weighted by atomic mass is 9.79. The first-order valence-corrected chi connectivity index (χ1v) is 13.9. The summed E-state index contributed by atoms with van der Waals surface area (Å²) in [7, 11) is -3.66. The van der Waals surface area contributed by atoms with E-state index < -0.39 is 22.4 Å². The number of anilines is 2. The number of sulfone groups is 1. The van der Waals surface area contributed by atoms with Gasteiger partial charge in [0.15, 0.2) is 16.4 Å². The minimum absolute atomic E-state index is 0.0658. The number of carboxylic acid groups (broad SMARTS) is 1. The van der Waals surface area contributed by atoms with Gasteiger partial charge in [0.25, 0.3) is 0 Å². The van der Waals surface area contributed by atoms with E-state index in [1.54, 1.807) is 6.07 Å². The number of hydrogen-bond acceptors (Lipinski definition) is 5. The topological polar surface area (TPSA) is 83.9 Å². The maximum absolute atomic E-state index is 13.8. The van der Waals surface area contributed by atoms with Crippen molar-refractivity contribution < 1.29 is 23.1 Å². The Morgan fingerprint density at radius 2 is 1.76 bits per heavy atom. The van der Waals surface area contributed by atoms with Crippen LogP contribution in [0.5, 0.6) is 5.75 Å². The van der Waals surface area contributed by atoms with E-state index in [1.807, 2.05) is 30.3 Å². The van der Waals surface area contributed by atoms with Crippen LogP contribution in [0.4, 0.5) is 11.4 Å². The molecule has 0 unspecified atom stereocenters. The maximum atomic E-state index is 13.8. The number of nitrogens with zero attached hydrogens (tertiary/aromatic N) is 1. The largest absolute Gasteiger partial charge is 0.481 e. The summed E-state index contributed by atoms with van der Waals surface area (Å²) in [6, 6.07) is 13.1. The lowest BCUT2D eigenvalue weighted by Gasteiger charge is -2.37. The molecule has 33 heavy (non-hydrogen) atoms. The normalized spacial score (nSPS) is 16.6. The fraction of sp³-hybridized carbons (Fsp3) is 0.480. The standard InChI is InChI=1S/C25H32BrNO5S/c1-3-5-12-25(13-6-4-2)17-27(19-10-8-7-9-11-19)21-14-20(26)22(32-16-24(28)29)15-23(21)33(30,31)18-25/h7-11,14-15H,3-6,12-13,16-18H2,1-2H3,(H,28,29). The number of carbonyl (C=O) groups is 1. The van der Waals surface area contributed by atoms with Crippen LogP contribution < -0.4 is 9.64 Å². The summed E-state index contributed by atoms with van der Waals surface area (Å²) >= 11 is 3.46. The van der Waals surface area contributed by atoms with E-state index in [-0.39, 0.29) is 21.8 Å². The smallest absolute Gasteiger partial charge is 0.341 e. The number of rotatable bonds is 10. The van der Waals surface area contributed by atoms with Crippen molar-refractivity contribution in [2.75, 3.05) is 23.8 Å². The Balaban J connectivity index is 2.20. The summed E-state index contributed by atoms with van der Waals surface area (Å²) in [6.45, 7) is 4.32. The molecule has 0 amide bonds. The quantitative estimate of drug-likeness (QED) is 0.388. The second kappa shape index (κ2) is 10.9. The highest BCUT2D eigenvalue weighted by Gasteiger charge is 2.42. The minimum Gasteiger partial charge on any atom is -0.481 e. The van der Waals surface area contributed by atoms with E-state index >= 15 is 0 Å². The molecular formula is C25H32BrNO5S. The lowest BCUT2D eigenvalue weighted by Crippen LogP contribution is -2.38. The third-order valence-corrected chi connectivity index (χ3v) is 8.78. The van der Waals surface area contributed by atoms with Crippen LogP contribution in [0, 0.1) is 5.41 Å². The van der Waals surface area contributed by atoms with Gasteiger partial charge in [0, 0.05) is 23.7 Å². The molecule has 3 rings (SSSR count). The molecule has 1 N–H and O–H groups in total. The highest BCUT2D eigenvalue weighted by molar-refractivity contribution is 9.10. The summed E-state index contributed by atoms with van der Waals surface area (Å²) in [5.41, 5.74) is 1.14. The lowest BCUT2D eigenvalue weighted by molar-refractivity contribution is -0.139. The van der Waals surface area contributed by atoms with Gasteiger partial charge < -0.3 is 14.7 Å². The molecule has 0 saturated carbocycles. The van der Waals surface area contributed by atoms with E-state index in [0.717, 1.165) is 44.2 Å². The molecule has 180 valence electrons. The van der Waals surface area contributed by atoms with Gasteiger partial charge in [0.1, 0.15) is 5.75 Å². The van der Waals surface area contributed by atoms with E-state index in [4.69, 9.17) is 9.84 Å². The average molecular weight is 539 g/mol. The van der Waals surface area contributed by atoms with Crippen molar-refractivity contribution in [3.05, 3.63) is 46.9 Å². The van der Waals surface area contributed by atoms with Gasteiger partial charge in [0.05, 0.1) is 20.8 Å². The molecule has 0 saturated heterocycles. The fourth-order valence-corrected chi connectivity index (χ4v) is 7.11. The van der Waals surface area contributed by atoms with Crippen LogP contribution in [0.25, 0.3) is 0 Å². The Kier molecular flexibility index (Phi) is 8.45. The zero-order valence-corrected chi connectivity index (χ0v) is 21.6. The number of para-hydroxylation sites is 1. The second-order valence-electron chi connectivity index (χ2n) is 8.82. The molecule has 1 aliphatic heterocycles. The second-order valence-corrected chi connectivity index (χ2v) is 11.6. The number of aliphatic carboxylic acids is 1. The molecule has 8 heteroatoms. The number of unbranched alkanes of at least 4 members (excludes halogenated alkanes) is 2. The van der Waals surface area contributed by atoms with Gasteiger partial charge >= 0.3 is 5.97 Å². The highest BCUT2D eigenvalue weighted by Crippen LogP contribution is 2.47. The van der Waals surface area contributed by atoms with Gasteiger partial charge in [-0.1, -0.05) is 57.7 Å². The number of fused-ring (bicyclic) bond motifs is 1. The summed E-state index contributed by atoms with van der Waals surface area (Å²) in [6.07, 6.45) is 5.62. The van der Waals surface area contributed by atoms with E-state index in [2.05, 4.69) is 34.7 Å². The first-order chi connectivity index (χ1) is 15.7. The molecular weight excluding hydrogens is 506 g/mol. The van der Waals surface area contributed by atoms with Gasteiger partial charge in [-0.25, -0.2) is 13.2 Å². The number of halogens is 1. The summed E-state index contributed by atoms with van der Waals surface area (Å²) in [5.74, 6) is -0.845. The minimum atomic E-state index is -3.66. The summed E-state index contributed by atoms with van der Waals surface area (Å²) < 4.78 is 33.5. The monoisotopic (exact) mass is 537 g/mol. The van der Waals surface area contributed by atoms with Gasteiger partial charge in [-0.3, -0.25) is 0 Å². The third-order valence-electron chi connectivity index (χ3n) is 6.17. The Labute approximate surface area is 205 Å². The van der Waals surface area contributed by atoms with Crippen LogP contribution in [0.1, 0.15) is 52.4 Å². The van der Waals surface area contributed by atoms with Gasteiger partial charge in [-0.2, -0.15) is 0 Å². The third kappa shape index (κ3) is 6.09. The molecule has 0 bridgehead atoms. The molecule has 2 aromatic rings. The zero-order chi connectivity index (χ0) is 24.1. The summed E-state index contributed by atoms with van der Waals surface area (Å²) in [4.78, 5) is 13.3. The molecule has 0 fully saturated rings. The van der Waals surface area contributed by atoms with Crippen molar-refractivity contribution in [1.82, 2.24) is 0 Å². The first kappa shape index (κ1) is 25.6. The predicted octanol–water partition coefficient (Wildman–Crippen LogP) is 6.20. The number of hydrogen-bond donors (Lipinski definition) is 1. The predicted molar refractivity (Wildman–Crippen MR) is 134 cm³/mol. The molecule has 0 aromatic heterocycles. The van der Waals surface area contributed by atoms with Gasteiger partial charge in [-0.05, 0) is 47.0 Å². The molecule has 1 heterocycles. The molecule has 0 spiro atoms. The Morgan fingerprint density at radius 3 is 2.33 bits per heavy atom. The van der Waals surface area contributed by atoms with Crippen LogP contribution in [-0.2, 0) is 14.6 Å². The van der Waals surface area contributed by atoms with Crippen LogP contribution in [0.2, 0.25) is 0 Å². The van der Waals surface area contributed by atoms with Crippen molar-refractivity contribution in [1.29, 1.82) is 0 Å². The SMILES string of the molecule is CCCCC1(CCCC)CN(c2ccccc2)c2cc(Br)c(OCC(=O)O)cc2S(=O)(=O)C1. The first-order valence-electron chi connectivity index (χ1n) is 11.4. The molecule has 2 aromatic carbocycles. The van der Waals surface area contributed by atoms with Gasteiger partial charge in [0.2, 0.25) is 0 Å². The van der Waals surface area contributed by atoms with Crippen LogP contribution in [0.3, 0.4) is 0 Å². The Hall–Kier alpha value is -2.06. The van der Waals surface area contributed by atoms with Crippen molar-refractivity contribution in [2.24, 2.45) is 5.41 Å². The van der Waals surface area contributed by atoms with E-state index in [9.17, 15) is 13.2 Å². The van der Waals surface area contributed by atoms with Crippen molar-refractivity contribution in [3.63, 3.8) is 0 Å². The number of benzene rings is 2. The molecule has 0 atom stereocenters. The molecule has 6 nitrogen and oxygen atoms in total. The fourth-order valence-electron chi connectivity index (χ4n) is 4.55. The average Bonchev–Trinajstić information content (AvgIpc) is 2.87. The maximum Gasteiger partial charge on any atom is 0.341 e. The number of carboxylic acids is 1. The van der Waals surface area contributed by atoms with Crippen molar-refractivity contribution in [3.8, 4) is 5.75 Å². The van der Waals surface area contributed by atoms with Crippen LogP contribution >= 0.6 is 15.9 Å². The van der Waals surface area contributed by atoms with E-state index in [0.29, 0.717) is 16.7 Å². The van der Waals surface area contributed by atoms with E-state index in [1.165, 1.54) is 6.07 Å². The van der Waals surface area contributed by atoms with Crippen LogP contribution in [0.15, 0.2) is 51.8 Å². The zero-order valence-electron chi connectivity index (χ0n) is 19.2. The van der Waals surface area contributed by atoms with Gasteiger partial charge in [-0.15, -0.1) is 0 Å². The molecule has 0 radical (unpaired) electrons. The number of ether oxygens (including phenoxy) is 1. The highest BCUT2D eigenvalue weighted by atomic mass is 79.9. The van der Waals surface area contributed by atoms with Crippen molar-refractivity contribution in [2.45, 2.75) is 57.3 Å². The Bertz CT molecular complexity index is 1060. The Morgan fingerprint density at radius 1 is 1.12 bits per heavy atom. The molecule has 1 aliphatic rings. The molecule has 0 aliphatic carbocycles.